The highest BCUT2D eigenvalue weighted by Gasteiger charge is 2.08. The van der Waals surface area contributed by atoms with Crippen molar-refractivity contribution in [3.63, 3.8) is 0 Å². The van der Waals surface area contributed by atoms with E-state index in [4.69, 9.17) is 0 Å². The maximum absolute atomic E-state index is 4.24. The Morgan fingerprint density at radius 1 is 1.40 bits per heavy atom. The van der Waals surface area contributed by atoms with E-state index in [1.54, 1.807) is 6.20 Å². The van der Waals surface area contributed by atoms with E-state index in [1.165, 1.54) is 6.33 Å². The van der Waals surface area contributed by atoms with Crippen LogP contribution in [0.2, 0.25) is 0 Å². The summed E-state index contributed by atoms with van der Waals surface area (Å²) in [7, 11) is 0. The maximum Gasteiger partial charge on any atom is 0.223 e. The molecule has 2 heterocycles. The van der Waals surface area contributed by atoms with Crippen LogP contribution in [0.25, 0.3) is 0 Å². The summed E-state index contributed by atoms with van der Waals surface area (Å²) >= 11 is 0. The van der Waals surface area contributed by atoms with Gasteiger partial charge in [0.1, 0.15) is 12.2 Å². The summed E-state index contributed by atoms with van der Waals surface area (Å²) in [6.45, 7) is 3.89. The Labute approximate surface area is 87.2 Å². The first-order valence-corrected chi connectivity index (χ1v) is 4.67. The quantitative estimate of drug-likeness (QED) is 0.782. The molecule has 2 aromatic heterocycles. The first-order valence-electron chi connectivity index (χ1n) is 4.67. The fraction of sp³-hybridized carbons (Fsp3) is 0.333. The van der Waals surface area contributed by atoms with Gasteiger partial charge >= 0.3 is 0 Å². The zero-order valence-electron chi connectivity index (χ0n) is 8.60. The molecule has 1 unspecified atom stereocenters. The molecule has 15 heavy (non-hydrogen) atoms. The number of nitrogens with zero attached hydrogens (tertiary/aromatic N) is 4. The molecule has 0 aliphatic heterocycles. The first-order chi connectivity index (χ1) is 7.25. The minimum absolute atomic E-state index is 0.00861. The fourth-order valence-corrected chi connectivity index (χ4v) is 1.20. The van der Waals surface area contributed by atoms with E-state index in [0.29, 0.717) is 5.95 Å². The minimum Gasteiger partial charge on any atom is -0.344 e. The molecule has 0 spiro atoms. The summed E-state index contributed by atoms with van der Waals surface area (Å²) in [6, 6.07) is 1.86. The SMILES string of the molecule is Cc1ccnc(NC(C)c2ncn[nH]2)n1. The van der Waals surface area contributed by atoms with Crippen molar-refractivity contribution in [2.45, 2.75) is 19.9 Å². The average molecular weight is 204 g/mol. The van der Waals surface area contributed by atoms with Crippen molar-refractivity contribution in [2.75, 3.05) is 5.32 Å². The van der Waals surface area contributed by atoms with E-state index in [1.807, 2.05) is 19.9 Å². The Kier molecular flexibility index (Phi) is 2.57. The third kappa shape index (κ3) is 2.28. The van der Waals surface area contributed by atoms with Crippen molar-refractivity contribution < 1.29 is 0 Å². The van der Waals surface area contributed by atoms with Crippen LogP contribution in [0.5, 0.6) is 0 Å². The second-order valence-electron chi connectivity index (χ2n) is 3.26. The molecule has 6 heteroatoms. The van der Waals surface area contributed by atoms with Gasteiger partial charge in [-0.05, 0) is 19.9 Å². The minimum atomic E-state index is 0.00861. The molecule has 0 aliphatic carbocycles. The van der Waals surface area contributed by atoms with Crippen LogP contribution in [0.15, 0.2) is 18.6 Å². The molecule has 0 aromatic carbocycles. The molecular weight excluding hydrogens is 192 g/mol. The number of aryl methyl sites for hydroxylation is 1. The van der Waals surface area contributed by atoms with Crippen LogP contribution in [0.1, 0.15) is 24.5 Å². The number of H-pyrrole nitrogens is 1. The second kappa shape index (κ2) is 4.04. The number of nitrogens with one attached hydrogen (secondary N) is 2. The highest BCUT2D eigenvalue weighted by atomic mass is 15.2. The largest absolute Gasteiger partial charge is 0.344 e. The van der Waals surface area contributed by atoms with Gasteiger partial charge in [0.15, 0.2) is 0 Å². The van der Waals surface area contributed by atoms with Crippen LogP contribution >= 0.6 is 0 Å². The summed E-state index contributed by atoms with van der Waals surface area (Å²) in [5, 5.41) is 9.71. The van der Waals surface area contributed by atoms with Gasteiger partial charge in [0, 0.05) is 11.9 Å². The van der Waals surface area contributed by atoms with E-state index in [2.05, 4.69) is 30.5 Å². The molecule has 0 saturated heterocycles. The molecule has 78 valence electrons. The molecule has 0 aliphatic rings. The van der Waals surface area contributed by atoms with Gasteiger partial charge in [-0.3, -0.25) is 5.10 Å². The van der Waals surface area contributed by atoms with Gasteiger partial charge in [-0.25, -0.2) is 15.0 Å². The van der Waals surface area contributed by atoms with Gasteiger partial charge < -0.3 is 5.32 Å². The average Bonchev–Trinajstić information content (AvgIpc) is 2.70. The van der Waals surface area contributed by atoms with Crippen LogP contribution in [0.3, 0.4) is 0 Å². The molecule has 0 radical (unpaired) electrons. The monoisotopic (exact) mass is 204 g/mol. The molecule has 0 bridgehead atoms. The molecule has 2 N–H and O–H groups in total. The highest BCUT2D eigenvalue weighted by molar-refractivity contribution is 5.27. The lowest BCUT2D eigenvalue weighted by Crippen LogP contribution is -2.11. The Hall–Kier alpha value is -1.98. The standard InChI is InChI=1S/C9H12N6/c1-6-3-4-10-9(13-6)14-7(2)8-11-5-12-15-8/h3-5,7H,1-2H3,(H,10,13,14)(H,11,12,15). The van der Waals surface area contributed by atoms with Gasteiger partial charge in [0.2, 0.25) is 5.95 Å². The van der Waals surface area contributed by atoms with Gasteiger partial charge in [-0.2, -0.15) is 5.10 Å². The van der Waals surface area contributed by atoms with Gasteiger partial charge in [-0.15, -0.1) is 0 Å². The van der Waals surface area contributed by atoms with Crippen molar-refractivity contribution >= 4 is 5.95 Å². The van der Waals surface area contributed by atoms with Crippen molar-refractivity contribution in [3.05, 3.63) is 30.1 Å². The number of anilines is 1. The molecule has 2 aromatic rings. The Morgan fingerprint density at radius 3 is 2.93 bits per heavy atom. The number of aromatic nitrogens is 5. The maximum atomic E-state index is 4.24. The van der Waals surface area contributed by atoms with Crippen molar-refractivity contribution in [1.29, 1.82) is 0 Å². The van der Waals surface area contributed by atoms with Crippen LogP contribution in [0.4, 0.5) is 5.95 Å². The molecule has 2 rings (SSSR count). The van der Waals surface area contributed by atoms with E-state index in [0.717, 1.165) is 11.5 Å². The molecule has 1 atom stereocenters. The normalized spacial score (nSPS) is 12.4. The molecule has 0 saturated carbocycles. The zero-order valence-corrected chi connectivity index (χ0v) is 8.60. The van der Waals surface area contributed by atoms with Gasteiger partial charge in [0.05, 0.1) is 6.04 Å². The number of hydrogen-bond acceptors (Lipinski definition) is 5. The van der Waals surface area contributed by atoms with E-state index in [-0.39, 0.29) is 6.04 Å². The lowest BCUT2D eigenvalue weighted by atomic mass is 10.3. The number of hydrogen-bond donors (Lipinski definition) is 2. The highest BCUT2D eigenvalue weighted by Crippen LogP contribution is 2.11. The Balaban J connectivity index is 2.09. The molecule has 6 nitrogen and oxygen atoms in total. The lowest BCUT2D eigenvalue weighted by Gasteiger charge is -2.10. The van der Waals surface area contributed by atoms with Gasteiger partial charge in [0.25, 0.3) is 0 Å². The van der Waals surface area contributed by atoms with Crippen LogP contribution in [-0.4, -0.2) is 25.1 Å². The first kappa shape index (κ1) is 9.57. The summed E-state index contributed by atoms with van der Waals surface area (Å²) < 4.78 is 0. The lowest BCUT2D eigenvalue weighted by molar-refractivity contribution is 0.781. The topological polar surface area (TPSA) is 79.4 Å². The number of rotatable bonds is 3. The third-order valence-electron chi connectivity index (χ3n) is 1.98. The van der Waals surface area contributed by atoms with E-state index in [9.17, 15) is 0 Å². The van der Waals surface area contributed by atoms with Crippen molar-refractivity contribution in [2.24, 2.45) is 0 Å². The molecule has 0 fully saturated rings. The van der Waals surface area contributed by atoms with Crippen molar-refractivity contribution in [3.8, 4) is 0 Å². The fourth-order valence-electron chi connectivity index (χ4n) is 1.20. The summed E-state index contributed by atoms with van der Waals surface area (Å²) in [4.78, 5) is 12.4. The third-order valence-corrected chi connectivity index (χ3v) is 1.98. The van der Waals surface area contributed by atoms with Gasteiger partial charge in [-0.1, -0.05) is 0 Å². The van der Waals surface area contributed by atoms with Crippen LogP contribution in [-0.2, 0) is 0 Å². The van der Waals surface area contributed by atoms with E-state index < -0.39 is 0 Å². The smallest absolute Gasteiger partial charge is 0.223 e. The summed E-state index contributed by atoms with van der Waals surface area (Å²) in [5.41, 5.74) is 0.928. The molecule has 0 amide bonds. The number of aromatic amines is 1. The van der Waals surface area contributed by atoms with Crippen LogP contribution < -0.4 is 5.32 Å². The predicted octanol–water partition coefficient (Wildman–Crippen LogP) is 1.08. The second-order valence-corrected chi connectivity index (χ2v) is 3.26. The molecular formula is C9H12N6. The summed E-state index contributed by atoms with van der Waals surface area (Å²) in [6.07, 6.45) is 3.20. The van der Waals surface area contributed by atoms with Crippen LogP contribution in [0, 0.1) is 6.92 Å². The summed E-state index contributed by atoms with van der Waals surface area (Å²) in [5.74, 6) is 1.36. The van der Waals surface area contributed by atoms with Crippen molar-refractivity contribution in [1.82, 2.24) is 25.1 Å². The predicted molar refractivity (Wildman–Crippen MR) is 55.2 cm³/mol. The Bertz CT molecular complexity index is 424. The zero-order chi connectivity index (χ0) is 10.7. The Morgan fingerprint density at radius 2 is 2.27 bits per heavy atom. The van der Waals surface area contributed by atoms with E-state index >= 15 is 0 Å².